The highest BCUT2D eigenvalue weighted by molar-refractivity contribution is 6.17. The summed E-state index contributed by atoms with van der Waals surface area (Å²) in [5.41, 5.74) is 12.6. The van der Waals surface area contributed by atoms with Gasteiger partial charge in [0.15, 0.2) is 5.84 Å². The van der Waals surface area contributed by atoms with Gasteiger partial charge >= 0.3 is 0 Å². The van der Waals surface area contributed by atoms with E-state index in [9.17, 15) is 0 Å². The van der Waals surface area contributed by atoms with E-state index in [1.165, 1.54) is 17.7 Å². The predicted molar refractivity (Wildman–Crippen MR) is 97.8 cm³/mol. The lowest BCUT2D eigenvalue weighted by atomic mass is 9.76. The van der Waals surface area contributed by atoms with Gasteiger partial charge in [-0.25, -0.2) is 4.99 Å². The van der Waals surface area contributed by atoms with Crippen LogP contribution in [0.2, 0.25) is 0 Å². The summed E-state index contributed by atoms with van der Waals surface area (Å²) in [6.07, 6.45) is 3.34. The van der Waals surface area contributed by atoms with Gasteiger partial charge in [-0.15, -0.1) is 0 Å². The Labute approximate surface area is 142 Å². The zero-order valence-electron chi connectivity index (χ0n) is 14.5. The number of aryl methyl sites for hydroxylation is 1. The van der Waals surface area contributed by atoms with Crippen LogP contribution in [0.3, 0.4) is 0 Å². The van der Waals surface area contributed by atoms with Crippen LogP contribution in [0.15, 0.2) is 34.3 Å². The first-order chi connectivity index (χ1) is 11.4. The molecule has 2 N–H and O–H groups in total. The van der Waals surface area contributed by atoms with Crippen LogP contribution in [-0.4, -0.2) is 27.9 Å². The van der Waals surface area contributed by atoms with Crippen LogP contribution in [0.5, 0.6) is 0 Å². The molecule has 0 bridgehead atoms. The second kappa shape index (κ2) is 5.30. The SMILES string of the molecule is Cn1nc(C2=NC(c3ccc(N)cc3)=NC2)c2c1CC(C)(C)CC2. The fourth-order valence-electron chi connectivity index (χ4n) is 3.59. The topological polar surface area (TPSA) is 68.6 Å². The average Bonchev–Trinajstić information content (AvgIpc) is 3.13. The second-order valence-electron chi connectivity index (χ2n) is 7.56. The summed E-state index contributed by atoms with van der Waals surface area (Å²) in [5, 5.41) is 4.77. The number of aromatic nitrogens is 2. The third kappa shape index (κ3) is 2.54. The van der Waals surface area contributed by atoms with Gasteiger partial charge in [0, 0.05) is 29.6 Å². The molecule has 1 aromatic carbocycles. The van der Waals surface area contributed by atoms with Crippen LogP contribution in [-0.2, 0) is 19.9 Å². The summed E-state index contributed by atoms with van der Waals surface area (Å²) >= 11 is 0. The zero-order valence-corrected chi connectivity index (χ0v) is 14.5. The number of hydrogen-bond donors (Lipinski definition) is 1. The highest BCUT2D eigenvalue weighted by Crippen LogP contribution is 2.36. The number of rotatable bonds is 2. The maximum Gasteiger partial charge on any atom is 0.155 e. The van der Waals surface area contributed by atoms with E-state index in [-0.39, 0.29) is 0 Å². The molecule has 0 saturated carbocycles. The fraction of sp³-hybridized carbons (Fsp3) is 0.421. The molecule has 2 aliphatic rings. The molecule has 124 valence electrons. The van der Waals surface area contributed by atoms with Crippen molar-refractivity contribution in [2.45, 2.75) is 33.1 Å². The smallest absolute Gasteiger partial charge is 0.155 e. The van der Waals surface area contributed by atoms with Gasteiger partial charge in [0.1, 0.15) is 5.69 Å². The molecule has 2 aromatic rings. The van der Waals surface area contributed by atoms with Crippen molar-refractivity contribution in [1.82, 2.24) is 9.78 Å². The molecule has 5 heteroatoms. The summed E-state index contributed by atoms with van der Waals surface area (Å²) in [4.78, 5) is 9.37. The molecule has 0 atom stereocenters. The minimum Gasteiger partial charge on any atom is -0.399 e. The molecule has 0 saturated heterocycles. The van der Waals surface area contributed by atoms with E-state index in [1.54, 1.807) is 0 Å². The molecular formula is C19H23N5. The summed E-state index contributed by atoms with van der Waals surface area (Å²) < 4.78 is 2.04. The lowest BCUT2D eigenvalue weighted by Crippen LogP contribution is -2.24. The Kier molecular flexibility index (Phi) is 3.34. The molecular weight excluding hydrogens is 298 g/mol. The van der Waals surface area contributed by atoms with Crippen molar-refractivity contribution >= 4 is 17.2 Å². The van der Waals surface area contributed by atoms with E-state index in [0.29, 0.717) is 12.0 Å². The lowest BCUT2D eigenvalue weighted by Gasteiger charge is -2.29. The second-order valence-corrected chi connectivity index (χ2v) is 7.56. The molecule has 24 heavy (non-hydrogen) atoms. The maximum atomic E-state index is 5.76. The van der Waals surface area contributed by atoms with Crippen molar-refractivity contribution in [3.05, 3.63) is 46.8 Å². The minimum absolute atomic E-state index is 0.348. The van der Waals surface area contributed by atoms with E-state index >= 15 is 0 Å². The molecule has 5 nitrogen and oxygen atoms in total. The maximum absolute atomic E-state index is 5.76. The van der Waals surface area contributed by atoms with Gasteiger partial charge in [0.2, 0.25) is 0 Å². The van der Waals surface area contributed by atoms with Crippen molar-refractivity contribution in [2.24, 2.45) is 22.4 Å². The van der Waals surface area contributed by atoms with Crippen molar-refractivity contribution in [3.8, 4) is 0 Å². The van der Waals surface area contributed by atoms with Gasteiger partial charge in [-0.2, -0.15) is 5.10 Å². The number of hydrogen-bond acceptors (Lipinski definition) is 4. The summed E-state index contributed by atoms with van der Waals surface area (Å²) in [7, 11) is 2.04. The molecule has 1 aliphatic carbocycles. The highest BCUT2D eigenvalue weighted by Gasteiger charge is 2.32. The fourth-order valence-corrected chi connectivity index (χ4v) is 3.59. The van der Waals surface area contributed by atoms with Crippen molar-refractivity contribution < 1.29 is 0 Å². The number of anilines is 1. The predicted octanol–water partition coefficient (Wildman–Crippen LogP) is 2.77. The van der Waals surface area contributed by atoms with Crippen molar-refractivity contribution in [2.75, 3.05) is 12.3 Å². The molecule has 4 rings (SSSR count). The van der Waals surface area contributed by atoms with Gasteiger partial charge < -0.3 is 5.73 Å². The van der Waals surface area contributed by atoms with Crippen molar-refractivity contribution in [3.63, 3.8) is 0 Å². The number of aliphatic imine (C=N–C) groups is 2. The Morgan fingerprint density at radius 2 is 1.92 bits per heavy atom. The zero-order chi connectivity index (χ0) is 16.9. The van der Waals surface area contributed by atoms with Crippen molar-refractivity contribution in [1.29, 1.82) is 0 Å². The van der Waals surface area contributed by atoms with Gasteiger partial charge in [-0.1, -0.05) is 13.8 Å². The molecule has 1 aliphatic heterocycles. The van der Waals surface area contributed by atoms with Gasteiger partial charge in [0.25, 0.3) is 0 Å². The van der Waals surface area contributed by atoms with E-state index in [2.05, 4.69) is 18.8 Å². The number of nitrogens with two attached hydrogens (primary N) is 1. The molecule has 1 aromatic heterocycles. The minimum atomic E-state index is 0.348. The van der Waals surface area contributed by atoms with Gasteiger partial charge in [-0.3, -0.25) is 9.67 Å². The Hall–Kier alpha value is -2.43. The number of amidine groups is 1. The van der Waals surface area contributed by atoms with E-state index in [0.717, 1.165) is 41.3 Å². The Morgan fingerprint density at radius 3 is 2.67 bits per heavy atom. The quantitative estimate of drug-likeness (QED) is 0.864. The number of nitrogens with zero attached hydrogens (tertiary/aromatic N) is 4. The van der Waals surface area contributed by atoms with Crippen LogP contribution < -0.4 is 5.73 Å². The molecule has 0 radical (unpaired) electrons. The third-order valence-electron chi connectivity index (χ3n) is 5.03. The number of benzene rings is 1. The summed E-state index contributed by atoms with van der Waals surface area (Å²) in [6, 6.07) is 7.71. The largest absolute Gasteiger partial charge is 0.399 e. The lowest BCUT2D eigenvalue weighted by molar-refractivity contribution is 0.306. The van der Waals surface area contributed by atoms with Crippen LogP contribution in [0.4, 0.5) is 5.69 Å². The molecule has 0 fully saturated rings. The standard InChI is InChI=1S/C19H23N5/c1-19(2)9-8-14-16(10-19)24(3)23-17(14)15-11-21-18(22-15)12-4-6-13(20)7-5-12/h4-7H,8-11,20H2,1-3H3. The molecule has 0 amide bonds. The molecule has 0 unspecified atom stereocenters. The number of fused-ring (bicyclic) bond motifs is 1. The molecule has 2 heterocycles. The van der Waals surface area contributed by atoms with E-state index in [1.807, 2.05) is 36.0 Å². The van der Waals surface area contributed by atoms with Gasteiger partial charge in [0.05, 0.1) is 12.3 Å². The first-order valence-electron chi connectivity index (χ1n) is 8.46. The van der Waals surface area contributed by atoms with Crippen LogP contribution in [0, 0.1) is 5.41 Å². The van der Waals surface area contributed by atoms with Crippen LogP contribution in [0.25, 0.3) is 0 Å². The first kappa shape index (κ1) is 15.1. The molecule has 0 spiro atoms. The van der Waals surface area contributed by atoms with E-state index in [4.69, 9.17) is 15.8 Å². The Morgan fingerprint density at radius 1 is 1.17 bits per heavy atom. The average molecular weight is 321 g/mol. The number of nitrogen functional groups attached to an aromatic ring is 1. The van der Waals surface area contributed by atoms with Gasteiger partial charge in [-0.05, 0) is 48.9 Å². The van der Waals surface area contributed by atoms with Crippen LogP contribution >= 0.6 is 0 Å². The normalized spacial score (nSPS) is 19.0. The Balaban J connectivity index is 1.67. The Bertz CT molecular complexity index is 853. The monoisotopic (exact) mass is 321 g/mol. The summed E-state index contributed by atoms with van der Waals surface area (Å²) in [6.45, 7) is 5.27. The highest BCUT2D eigenvalue weighted by atomic mass is 15.3. The first-order valence-corrected chi connectivity index (χ1v) is 8.46. The van der Waals surface area contributed by atoms with E-state index < -0.39 is 0 Å². The third-order valence-corrected chi connectivity index (χ3v) is 5.03. The summed E-state index contributed by atoms with van der Waals surface area (Å²) in [5.74, 6) is 0.778. The van der Waals surface area contributed by atoms with Crippen LogP contribution in [0.1, 0.15) is 42.8 Å².